The zero-order chi connectivity index (χ0) is 11.7. The van der Waals surface area contributed by atoms with Gasteiger partial charge in [0.25, 0.3) is 0 Å². The van der Waals surface area contributed by atoms with Gasteiger partial charge in [0.1, 0.15) is 0 Å². The summed E-state index contributed by atoms with van der Waals surface area (Å²) in [5, 5.41) is 3.58. The third kappa shape index (κ3) is 2.58. The van der Waals surface area contributed by atoms with Crippen LogP contribution in [0.1, 0.15) is 30.4 Å². The number of hydrogen-bond acceptors (Lipinski definition) is 2. The molecule has 0 bridgehead atoms. The van der Waals surface area contributed by atoms with Crippen molar-refractivity contribution in [2.45, 2.75) is 45.2 Å². The molecule has 2 unspecified atom stereocenters. The predicted molar refractivity (Wildman–Crippen MR) is 72.9 cm³/mol. The Kier molecular flexibility index (Phi) is 3.55. The molecule has 0 amide bonds. The number of aryl methyl sites for hydroxylation is 2. The highest BCUT2D eigenvalue weighted by atomic mass is 79.9. The van der Waals surface area contributed by atoms with Crippen molar-refractivity contribution in [3.8, 4) is 0 Å². The van der Waals surface area contributed by atoms with Crippen LogP contribution in [-0.2, 0) is 0 Å². The molecule has 3 N–H and O–H groups in total. The largest absolute Gasteiger partial charge is 0.382 e. The Morgan fingerprint density at radius 2 is 1.88 bits per heavy atom. The molecule has 0 aliphatic heterocycles. The van der Waals surface area contributed by atoms with E-state index in [1.54, 1.807) is 0 Å². The normalized spacial score (nSPS) is 24.8. The Morgan fingerprint density at radius 1 is 1.25 bits per heavy atom. The minimum absolute atomic E-state index is 0.384. The van der Waals surface area contributed by atoms with Crippen molar-refractivity contribution in [1.82, 2.24) is 0 Å². The molecule has 2 rings (SSSR count). The third-order valence-electron chi connectivity index (χ3n) is 3.28. The third-order valence-corrected chi connectivity index (χ3v) is 4.53. The highest BCUT2D eigenvalue weighted by Gasteiger charge is 2.21. The molecule has 1 aliphatic rings. The van der Waals surface area contributed by atoms with Gasteiger partial charge in [0, 0.05) is 22.2 Å². The first-order valence-electron chi connectivity index (χ1n) is 5.85. The van der Waals surface area contributed by atoms with Crippen LogP contribution in [0.25, 0.3) is 0 Å². The molecular weight excluding hydrogens is 264 g/mol. The van der Waals surface area contributed by atoms with E-state index < -0.39 is 0 Å². The summed E-state index contributed by atoms with van der Waals surface area (Å²) < 4.78 is 1.21. The Hall–Kier alpha value is -0.540. The lowest BCUT2D eigenvalue weighted by molar-refractivity contribution is 0.688. The van der Waals surface area contributed by atoms with Gasteiger partial charge in [0.2, 0.25) is 0 Å². The van der Waals surface area contributed by atoms with Crippen LogP contribution in [0.3, 0.4) is 0 Å². The Balaban J connectivity index is 2.10. The second-order valence-corrected chi connectivity index (χ2v) is 5.63. The first kappa shape index (κ1) is 11.9. The average molecular weight is 283 g/mol. The number of nitrogens with one attached hydrogen (secondary N) is 1. The smallest absolute Gasteiger partial charge is 0.0348 e. The van der Waals surface area contributed by atoms with Crippen molar-refractivity contribution in [2.75, 3.05) is 5.32 Å². The van der Waals surface area contributed by atoms with E-state index in [-0.39, 0.29) is 0 Å². The van der Waals surface area contributed by atoms with Gasteiger partial charge in [-0.1, -0.05) is 15.9 Å². The summed E-state index contributed by atoms with van der Waals surface area (Å²) in [5.41, 5.74) is 9.70. The van der Waals surface area contributed by atoms with Crippen molar-refractivity contribution in [2.24, 2.45) is 5.73 Å². The first-order valence-corrected chi connectivity index (χ1v) is 6.64. The van der Waals surface area contributed by atoms with Crippen LogP contribution in [0, 0.1) is 13.8 Å². The Bertz CT molecular complexity index is 367. The van der Waals surface area contributed by atoms with Gasteiger partial charge in [-0.15, -0.1) is 0 Å². The molecule has 0 aromatic heterocycles. The van der Waals surface area contributed by atoms with Gasteiger partial charge in [-0.2, -0.15) is 0 Å². The summed E-state index contributed by atoms with van der Waals surface area (Å²) >= 11 is 3.59. The zero-order valence-electron chi connectivity index (χ0n) is 9.89. The number of hydrogen-bond donors (Lipinski definition) is 2. The van der Waals surface area contributed by atoms with Crippen molar-refractivity contribution < 1.29 is 0 Å². The van der Waals surface area contributed by atoms with E-state index in [2.05, 4.69) is 47.2 Å². The van der Waals surface area contributed by atoms with Gasteiger partial charge in [-0.25, -0.2) is 0 Å². The lowest BCUT2D eigenvalue weighted by atomic mass is 10.1. The van der Waals surface area contributed by atoms with Gasteiger partial charge in [0.05, 0.1) is 0 Å². The van der Waals surface area contributed by atoms with E-state index in [0.717, 1.165) is 12.8 Å². The van der Waals surface area contributed by atoms with Crippen LogP contribution in [0.5, 0.6) is 0 Å². The molecule has 2 atom stereocenters. The van der Waals surface area contributed by atoms with E-state index in [9.17, 15) is 0 Å². The fourth-order valence-corrected chi connectivity index (χ4v) is 2.64. The average Bonchev–Trinajstić information content (AvgIpc) is 2.60. The van der Waals surface area contributed by atoms with E-state index >= 15 is 0 Å². The SMILES string of the molecule is Cc1cc(NC2CCC(N)C2)cc(C)c1Br. The highest BCUT2D eigenvalue weighted by Crippen LogP contribution is 2.27. The van der Waals surface area contributed by atoms with Crippen LogP contribution in [0.2, 0.25) is 0 Å². The lowest BCUT2D eigenvalue weighted by Gasteiger charge is -2.16. The molecule has 2 nitrogen and oxygen atoms in total. The summed E-state index contributed by atoms with van der Waals surface area (Å²) in [7, 11) is 0. The Labute approximate surface area is 106 Å². The molecule has 3 heteroatoms. The minimum Gasteiger partial charge on any atom is -0.382 e. The summed E-state index contributed by atoms with van der Waals surface area (Å²) in [4.78, 5) is 0. The number of halogens is 1. The highest BCUT2D eigenvalue weighted by molar-refractivity contribution is 9.10. The molecule has 1 saturated carbocycles. The van der Waals surface area contributed by atoms with Crippen LogP contribution in [0.4, 0.5) is 5.69 Å². The van der Waals surface area contributed by atoms with Crippen LogP contribution in [0.15, 0.2) is 16.6 Å². The maximum atomic E-state index is 5.92. The van der Waals surface area contributed by atoms with E-state index in [0.29, 0.717) is 12.1 Å². The molecule has 0 spiro atoms. The van der Waals surface area contributed by atoms with Gasteiger partial charge in [0.15, 0.2) is 0 Å². The topological polar surface area (TPSA) is 38.0 Å². The second-order valence-electron chi connectivity index (χ2n) is 4.84. The molecular formula is C13H19BrN2. The molecule has 1 aromatic rings. The molecule has 1 fully saturated rings. The molecule has 0 heterocycles. The van der Waals surface area contributed by atoms with Crippen molar-refractivity contribution >= 4 is 21.6 Å². The summed E-state index contributed by atoms with van der Waals surface area (Å²) in [6, 6.07) is 5.33. The van der Waals surface area contributed by atoms with Gasteiger partial charge >= 0.3 is 0 Å². The first-order chi connectivity index (χ1) is 7.56. The maximum Gasteiger partial charge on any atom is 0.0348 e. The van der Waals surface area contributed by atoms with E-state index in [4.69, 9.17) is 5.73 Å². The van der Waals surface area contributed by atoms with Gasteiger partial charge < -0.3 is 11.1 Å². The van der Waals surface area contributed by atoms with Crippen LogP contribution >= 0.6 is 15.9 Å². The van der Waals surface area contributed by atoms with Gasteiger partial charge in [-0.05, 0) is 56.4 Å². The molecule has 0 radical (unpaired) electrons. The van der Waals surface area contributed by atoms with Gasteiger partial charge in [-0.3, -0.25) is 0 Å². The van der Waals surface area contributed by atoms with Crippen LogP contribution in [-0.4, -0.2) is 12.1 Å². The fraction of sp³-hybridized carbons (Fsp3) is 0.538. The zero-order valence-corrected chi connectivity index (χ0v) is 11.5. The lowest BCUT2D eigenvalue weighted by Crippen LogP contribution is -2.20. The number of anilines is 1. The summed E-state index contributed by atoms with van der Waals surface area (Å²) in [5.74, 6) is 0. The number of benzene rings is 1. The fourth-order valence-electron chi connectivity index (χ4n) is 2.41. The van der Waals surface area contributed by atoms with Crippen molar-refractivity contribution in [3.05, 3.63) is 27.7 Å². The molecule has 16 heavy (non-hydrogen) atoms. The number of rotatable bonds is 2. The number of nitrogens with two attached hydrogens (primary N) is 1. The molecule has 1 aromatic carbocycles. The van der Waals surface area contributed by atoms with Crippen molar-refractivity contribution in [3.63, 3.8) is 0 Å². The predicted octanol–water partition coefficient (Wildman–Crippen LogP) is 3.36. The summed E-state index contributed by atoms with van der Waals surface area (Å²) in [6.07, 6.45) is 3.43. The maximum absolute atomic E-state index is 5.92. The standard InChI is InChI=1S/C13H19BrN2/c1-8-5-12(6-9(2)13(8)14)16-11-4-3-10(15)7-11/h5-6,10-11,16H,3-4,7,15H2,1-2H3. The quantitative estimate of drug-likeness (QED) is 0.873. The summed E-state index contributed by atoms with van der Waals surface area (Å²) in [6.45, 7) is 4.26. The molecule has 0 saturated heterocycles. The molecule has 1 aliphatic carbocycles. The molecule has 88 valence electrons. The van der Waals surface area contributed by atoms with Crippen LogP contribution < -0.4 is 11.1 Å². The minimum atomic E-state index is 0.384. The Morgan fingerprint density at radius 3 is 2.38 bits per heavy atom. The van der Waals surface area contributed by atoms with E-state index in [1.807, 2.05) is 0 Å². The van der Waals surface area contributed by atoms with Crippen molar-refractivity contribution in [1.29, 1.82) is 0 Å². The monoisotopic (exact) mass is 282 g/mol. The second kappa shape index (κ2) is 4.76. The van der Waals surface area contributed by atoms with E-state index in [1.165, 1.54) is 27.7 Å².